The number of nitrogens with two attached hydrogens (primary N) is 1. The molecule has 4 rings (SSSR count). The predicted octanol–water partition coefficient (Wildman–Crippen LogP) is 3.76. The summed E-state index contributed by atoms with van der Waals surface area (Å²) in [4.78, 5) is 26.9. The number of hydrogen-bond acceptors (Lipinski definition) is 5. The molecule has 0 aliphatic heterocycles. The van der Waals surface area contributed by atoms with E-state index in [0.717, 1.165) is 15.2 Å². The molecule has 0 aliphatic carbocycles. The molecule has 0 aliphatic rings. The van der Waals surface area contributed by atoms with Gasteiger partial charge in [0.1, 0.15) is 0 Å². The largest absolute Gasteiger partial charge is 0.365 e. The first-order valence-electron chi connectivity index (χ1n) is 8.21. The number of rotatable bonds is 5. The zero-order valence-corrected chi connectivity index (χ0v) is 15.8. The molecule has 0 unspecified atom stereocenters. The summed E-state index contributed by atoms with van der Waals surface area (Å²) in [5.74, 6) is -0.489. The van der Waals surface area contributed by atoms with E-state index in [1.807, 2.05) is 48.5 Å². The van der Waals surface area contributed by atoms with Gasteiger partial charge in [0.2, 0.25) is 0 Å². The van der Waals surface area contributed by atoms with Gasteiger partial charge in [-0.25, -0.2) is 4.68 Å². The van der Waals surface area contributed by atoms with Crippen molar-refractivity contribution in [2.45, 2.75) is 16.3 Å². The van der Waals surface area contributed by atoms with Gasteiger partial charge in [0.15, 0.2) is 0 Å². The summed E-state index contributed by atoms with van der Waals surface area (Å²) >= 11 is 2.90. The Labute approximate surface area is 163 Å². The number of carbonyl (C=O) groups excluding carboxylic acids is 1. The van der Waals surface area contributed by atoms with Crippen molar-refractivity contribution in [2.75, 3.05) is 0 Å². The molecular formula is C20H15N3O2S2. The van der Waals surface area contributed by atoms with Crippen molar-refractivity contribution in [1.29, 1.82) is 0 Å². The Balaban J connectivity index is 1.66. The van der Waals surface area contributed by atoms with Gasteiger partial charge in [-0.05, 0) is 47.3 Å². The molecule has 0 fully saturated rings. The fraction of sp³-hybridized carbons (Fsp3) is 0.0500. The maximum atomic E-state index is 12.8. The van der Waals surface area contributed by atoms with Crippen LogP contribution < -0.4 is 11.3 Å². The van der Waals surface area contributed by atoms with Crippen LogP contribution in [0.3, 0.4) is 0 Å². The number of nitrogens with zero attached hydrogens (tertiary/aromatic N) is 2. The summed E-state index contributed by atoms with van der Waals surface area (Å²) in [5, 5.41) is 7.45. The molecule has 7 heteroatoms. The van der Waals surface area contributed by atoms with Gasteiger partial charge in [0, 0.05) is 15.2 Å². The highest BCUT2D eigenvalue weighted by atomic mass is 32.2. The molecule has 1 amide bonds. The number of aromatic nitrogens is 2. The van der Waals surface area contributed by atoms with E-state index in [1.54, 1.807) is 29.4 Å². The molecule has 2 aromatic heterocycles. The van der Waals surface area contributed by atoms with Crippen molar-refractivity contribution >= 4 is 39.8 Å². The van der Waals surface area contributed by atoms with Crippen LogP contribution in [0.5, 0.6) is 0 Å². The fourth-order valence-corrected chi connectivity index (χ4v) is 4.46. The summed E-state index contributed by atoms with van der Waals surface area (Å²) in [5.41, 5.74) is 5.90. The Morgan fingerprint density at radius 2 is 1.93 bits per heavy atom. The lowest BCUT2D eigenvalue weighted by Gasteiger charge is -2.07. The highest BCUT2D eigenvalue weighted by molar-refractivity contribution is 7.99. The van der Waals surface area contributed by atoms with E-state index < -0.39 is 5.91 Å². The molecule has 2 heterocycles. The van der Waals surface area contributed by atoms with Gasteiger partial charge in [0.05, 0.1) is 23.0 Å². The Morgan fingerprint density at radius 1 is 1.11 bits per heavy atom. The van der Waals surface area contributed by atoms with Gasteiger partial charge in [-0.2, -0.15) is 5.10 Å². The molecule has 134 valence electrons. The molecule has 4 aromatic rings. The van der Waals surface area contributed by atoms with E-state index in [9.17, 15) is 9.59 Å². The van der Waals surface area contributed by atoms with Gasteiger partial charge in [0.25, 0.3) is 11.5 Å². The van der Waals surface area contributed by atoms with E-state index in [1.165, 1.54) is 16.0 Å². The van der Waals surface area contributed by atoms with Crippen molar-refractivity contribution in [2.24, 2.45) is 5.73 Å². The summed E-state index contributed by atoms with van der Waals surface area (Å²) in [6, 6.07) is 17.6. The van der Waals surface area contributed by atoms with Crippen LogP contribution in [0, 0.1) is 0 Å². The number of amides is 1. The minimum absolute atomic E-state index is 0.189. The SMILES string of the molecule is NC(=O)c1sccc1Cn1ncc2cc(Sc3ccccc3)ccc2c1=O. The van der Waals surface area contributed by atoms with Gasteiger partial charge >= 0.3 is 0 Å². The van der Waals surface area contributed by atoms with Crippen LogP contribution in [-0.2, 0) is 6.54 Å². The number of primary amides is 1. The third kappa shape index (κ3) is 3.65. The van der Waals surface area contributed by atoms with E-state index in [0.29, 0.717) is 15.8 Å². The number of benzene rings is 2. The lowest BCUT2D eigenvalue weighted by Crippen LogP contribution is -2.24. The molecule has 0 bridgehead atoms. The normalized spacial score (nSPS) is 11.0. The monoisotopic (exact) mass is 393 g/mol. The first-order chi connectivity index (χ1) is 13.1. The van der Waals surface area contributed by atoms with Crippen LogP contribution in [-0.4, -0.2) is 15.7 Å². The maximum absolute atomic E-state index is 12.8. The first-order valence-corrected chi connectivity index (χ1v) is 9.90. The van der Waals surface area contributed by atoms with Crippen molar-refractivity contribution in [3.63, 3.8) is 0 Å². The van der Waals surface area contributed by atoms with Crippen molar-refractivity contribution in [1.82, 2.24) is 9.78 Å². The topological polar surface area (TPSA) is 78.0 Å². The van der Waals surface area contributed by atoms with E-state index in [-0.39, 0.29) is 12.1 Å². The summed E-state index contributed by atoms with van der Waals surface area (Å²) in [6.07, 6.45) is 1.68. The summed E-state index contributed by atoms with van der Waals surface area (Å²) in [6.45, 7) is 0.219. The number of fused-ring (bicyclic) bond motifs is 1. The van der Waals surface area contributed by atoms with E-state index in [4.69, 9.17) is 5.73 Å². The summed E-state index contributed by atoms with van der Waals surface area (Å²) < 4.78 is 1.36. The molecule has 2 aromatic carbocycles. The second-order valence-corrected chi connectivity index (χ2v) is 7.97. The van der Waals surface area contributed by atoms with Crippen LogP contribution in [0.25, 0.3) is 10.8 Å². The highest BCUT2D eigenvalue weighted by Gasteiger charge is 2.12. The molecule has 0 saturated carbocycles. The van der Waals surface area contributed by atoms with Gasteiger partial charge < -0.3 is 5.73 Å². The molecule has 5 nitrogen and oxygen atoms in total. The fourth-order valence-electron chi connectivity index (χ4n) is 2.80. The van der Waals surface area contributed by atoms with Crippen LogP contribution in [0.1, 0.15) is 15.2 Å². The predicted molar refractivity (Wildman–Crippen MR) is 109 cm³/mol. The van der Waals surface area contributed by atoms with Crippen molar-refractivity contribution < 1.29 is 4.79 Å². The third-order valence-corrected chi connectivity index (χ3v) is 6.06. The van der Waals surface area contributed by atoms with Crippen LogP contribution >= 0.6 is 23.1 Å². The standard InChI is InChI=1S/C20H15N3O2S2/c21-19(24)18-13(8-9-26-18)12-23-20(25)17-7-6-16(10-14(17)11-22-23)27-15-4-2-1-3-5-15/h1-11H,12H2,(H2,21,24). The average molecular weight is 393 g/mol. The minimum Gasteiger partial charge on any atom is -0.365 e. The molecule has 0 saturated heterocycles. The molecule has 0 atom stereocenters. The second-order valence-electron chi connectivity index (χ2n) is 5.91. The van der Waals surface area contributed by atoms with Gasteiger partial charge in [-0.1, -0.05) is 30.0 Å². The highest BCUT2D eigenvalue weighted by Crippen LogP contribution is 2.29. The second kappa shape index (κ2) is 7.38. The van der Waals surface area contributed by atoms with Crippen LogP contribution in [0.2, 0.25) is 0 Å². The van der Waals surface area contributed by atoms with Gasteiger partial charge in [-0.15, -0.1) is 11.3 Å². The average Bonchev–Trinajstić information content (AvgIpc) is 3.13. The van der Waals surface area contributed by atoms with E-state index in [2.05, 4.69) is 5.10 Å². The van der Waals surface area contributed by atoms with E-state index >= 15 is 0 Å². The zero-order valence-electron chi connectivity index (χ0n) is 14.2. The molecule has 2 N–H and O–H groups in total. The minimum atomic E-state index is -0.489. The molecular weight excluding hydrogens is 378 g/mol. The number of hydrogen-bond donors (Lipinski definition) is 1. The first kappa shape index (κ1) is 17.5. The quantitative estimate of drug-likeness (QED) is 0.560. The maximum Gasteiger partial charge on any atom is 0.274 e. The summed E-state index contributed by atoms with van der Waals surface area (Å²) in [7, 11) is 0. The van der Waals surface area contributed by atoms with Crippen molar-refractivity contribution in [3.8, 4) is 0 Å². The van der Waals surface area contributed by atoms with Crippen molar-refractivity contribution in [3.05, 3.63) is 87.0 Å². The van der Waals surface area contributed by atoms with Crippen LogP contribution in [0.4, 0.5) is 0 Å². The molecule has 0 radical (unpaired) electrons. The Kier molecular flexibility index (Phi) is 4.79. The number of carbonyl (C=O) groups is 1. The lowest BCUT2D eigenvalue weighted by atomic mass is 10.2. The van der Waals surface area contributed by atoms with Crippen LogP contribution in [0.15, 0.2) is 80.8 Å². The molecule has 0 spiro atoms. The number of thiophene rings is 1. The Morgan fingerprint density at radius 3 is 2.70 bits per heavy atom. The van der Waals surface area contributed by atoms with Gasteiger partial charge in [-0.3, -0.25) is 9.59 Å². The molecule has 27 heavy (non-hydrogen) atoms. The smallest absolute Gasteiger partial charge is 0.274 e. The Hall–Kier alpha value is -2.90. The zero-order chi connectivity index (χ0) is 18.8. The lowest BCUT2D eigenvalue weighted by molar-refractivity contribution is 0.100. The third-order valence-electron chi connectivity index (χ3n) is 4.09. The Bertz CT molecular complexity index is 1180.